The maximum Gasteiger partial charge on any atom is 0.371 e. The molecule has 5 heteroatoms. The summed E-state index contributed by atoms with van der Waals surface area (Å²) < 4.78 is 0. The second-order valence-corrected chi connectivity index (χ2v) is 4.49. The van der Waals surface area contributed by atoms with Gasteiger partial charge < -0.3 is 10.1 Å². The van der Waals surface area contributed by atoms with E-state index in [1.165, 1.54) is 0 Å². The van der Waals surface area contributed by atoms with Gasteiger partial charge in [0.1, 0.15) is 0 Å². The number of rotatable bonds is 4. The predicted molar refractivity (Wildman–Crippen MR) is 52.0 cm³/mol. The van der Waals surface area contributed by atoms with Crippen LogP contribution in [0.2, 0.25) is 0 Å². The Morgan fingerprint density at radius 1 is 1.77 bits per heavy atom. The zero-order valence-corrected chi connectivity index (χ0v) is 8.39. The lowest BCUT2D eigenvalue weighted by molar-refractivity contribution is 0.0684. The lowest BCUT2D eigenvalue weighted by Gasteiger charge is -2.01. The maximum atomic E-state index is 10.5. The second-order valence-electron chi connectivity index (χ2n) is 2.92. The second kappa shape index (κ2) is 4.32. The SMILES string of the molecule is CC(C)SCc1cnc(C(=O)O)[nH]1. The van der Waals surface area contributed by atoms with Gasteiger partial charge in [0.15, 0.2) is 0 Å². The molecule has 0 bridgehead atoms. The number of hydrogen-bond donors (Lipinski definition) is 2. The van der Waals surface area contributed by atoms with E-state index in [2.05, 4.69) is 23.8 Å². The van der Waals surface area contributed by atoms with Crippen LogP contribution in [0.25, 0.3) is 0 Å². The van der Waals surface area contributed by atoms with Gasteiger partial charge in [0, 0.05) is 17.6 Å². The fourth-order valence-electron chi connectivity index (χ4n) is 0.798. The number of thioether (sulfide) groups is 1. The first-order valence-corrected chi connectivity index (χ1v) is 5.03. The highest BCUT2D eigenvalue weighted by molar-refractivity contribution is 7.99. The van der Waals surface area contributed by atoms with Gasteiger partial charge in [0.2, 0.25) is 5.82 Å². The topological polar surface area (TPSA) is 66.0 Å². The van der Waals surface area contributed by atoms with Gasteiger partial charge in [-0.25, -0.2) is 9.78 Å². The van der Waals surface area contributed by atoms with Gasteiger partial charge in [-0.15, -0.1) is 0 Å². The molecule has 1 aromatic rings. The Hall–Kier alpha value is -0.970. The van der Waals surface area contributed by atoms with E-state index in [1.807, 2.05) is 0 Å². The number of carboxylic acids is 1. The van der Waals surface area contributed by atoms with Gasteiger partial charge in [0.25, 0.3) is 0 Å². The first-order valence-electron chi connectivity index (χ1n) is 3.98. The fourth-order valence-corrected chi connectivity index (χ4v) is 1.46. The van der Waals surface area contributed by atoms with E-state index in [1.54, 1.807) is 18.0 Å². The van der Waals surface area contributed by atoms with E-state index in [0.717, 1.165) is 11.4 Å². The Morgan fingerprint density at radius 3 is 2.92 bits per heavy atom. The van der Waals surface area contributed by atoms with Crippen LogP contribution < -0.4 is 0 Å². The van der Waals surface area contributed by atoms with Gasteiger partial charge in [0.05, 0.1) is 0 Å². The predicted octanol–water partition coefficient (Wildman–Crippen LogP) is 1.75. The van der Waals surface area contributed by atoms with Crippen molar-refractivity contribution in [2.75, 3.05) is 0 Å². The molecular formula is C8H12N2O2S. The molecule has 1 rings (SSSR count). The van der Waals surface area contributed by atoms with Crippen LogP contribution in [0, 0.1) is 0 Å². The third-order valence-electron chi connectivity index (χ3n) is 1.40. The Kier molecular flexibility index (Phi) is 3.36. The number of aromatic amines is 1. The summed E-state index contributed by atoms with van der Waals surface area (Å²) >= 11 is 1.75. The highest BCUT2D eigenvalue weighted by Gasteiger charge is 2.07. The molecule has 4 nitrogen and oxygen atoms in total. The average molecular weight is 200 g/mol. The van der Waals surface area contributed by atoms with Crippen LogP contribution in [-0.2, 0) is 5.75 Å². The van der Waals surface area contributed by atoms with Crippen molar-refractivity contribution in [1.82, 2.24) is 9.97 Å². The largest absolute Gasteiger partial charge is 0.475 e. The van der Waals surface area contributed by atoms with Crippen molar-refractivity contribution in [1.29, 1.82) is 0 Å². The molecule has 0 aliphatic carbocycles. The Bertz CT molecular complexity index is 296. The minimum Gasteiger partial charge on any atom is -0.475 e. The number of nitrogens with one attached hydrogen (secondary N) is 1. The minimum atomic E-state index is -1.01. The van der Waals surface area contributed by atoms with Gasteiger partial charge in [-0.1, -0.05) is 13.8 Å². The van der Waals surface area contributed by atoms with Crippen LogP contribution >= 0.6 is 11.8 Å². The van der Waals surface area contributed by atoms with E-state index < -0.39 is 5.97 Å². The summed E-state index contributed by atoms with van der Waals surface area (Å²) in [5, 5.41) is 9.11. The van der Waals surface area contributed by atoms with Crippen molar-refractivity contribution >= 4 is 17.7 Å². The van der Waals surface area contributed by atoms with Gasteiger partial charge >= 0.3 is 5.97 Å². The molecule has 0 atom stereocenters. The number of aromatic carboxylic acids is 1. The first-order chi connectivity index (χ1) is 6.09. The maximum absolute atomic E-state index is 10.5. The number of aromatic nitrogens is 2. The molecule has 1 heterocycles. The molecule has 0 unspecified atom stereocenters. The molecule has 0 spiro atoms. The summed E-state index contributed by atoms with van der Waals surface area (Å²) in [5.41, 5.74) is 0.858. The first kappa shape index (κ1) is 10.1. The van der Waals surface area contributed by atoms with Crippen molar-refractivity contribution < 1.29 is 9.90 Å². The van der Waals surface area contributed by atoms with Crippen LogP contribution in [0.15, 0.2) is 6.20 Å². The van der Waals surface area contributed by atoms with E-state index in [0.29, 0.717) is 5.25 Å². The molecule has 13 heavy (non-hydrogen) atoms. The molecule has 0 amide bonds. The third-order valence-corrected chi connectivity index (χ3v) is 2.55. The highest BCUT2D eigenvalue weighted by Crippen LogP contribution is 2.15. The quantitative estimate of drug-likeness (QED) is 0.777. The van der Waals surface area contributed by atoms with Crippen molar-refractivity contribution in [3.05, 3.63) is 17.7 Å². The van der Waals surface area contributed by atoms with E-state index in [4.69, 9.17) is 5.11 Å². The summed E-state index contributed by atoms with van der Waals surface area (Å²) in [7, 11) is 0. The van der Waals surface area contributed by atoms with E-state index in [9.17, 15) is 4.79 Å². The summed E-state index contributed by atoms with van der Waals surface area (Å²) in [6, 6.07) is 0. The van der Waals surface area contributed by atoms with Gasteiger partial charge in [-0.05, 0) is 5.25 Å². The monoisotopic (exact) mass is 200 g/mol. The number of H-pyrrole nitrogens is 1. The average Bonchev–Trinajstić information content (AvgIpc) is 2.48. The number of carbonyl (C=O) groups is 1. The van der Waals surface area contributed by atoms with Gasteiger partial charge in [-0.2, -0.15) is 11.8 Å². The number of carboxylic acid groups (broad SMARTS) is 1. The van der Waals surface area contributed by atoms with E-state index >= 15 is 0 Å². The molecule has 0 radical (unpaired) electrons. The van der Waals surface area contributed by atoms with Crippen LogP contribution in [0.1, 0.15) is 30.2 Å². The van der Waals surface area contributed by atoms with Crippen molar-refractivity contribution in [3.63, 3.8) is 0 Å². The van der Waals surface area contributed by atoms with Crippen LogP contribution in [0.3, 0.4) is 0 Å². The lowest BCUT2D eigenvalue weighted by atomic mass is 10.5. The van der Waals surface area contributed by atoms with Crippen LogP contribution in [0.5, 0.6) is 0 Å². The molecule has 0 saturated heterocycles. The molecule has 1 aromatic heterocycles. The molecule has 0 aliphatic heterocycles. The molecule has 0 fully saturated rings. The standard InChI is InChI=1S/C8H12N2O2S/c1-5(2)13-4-6-3-9-7(10-6)8(11)12/h3,5H,4H2,1-2H3,(H,9,10)(H,11,12). The number of imidazole rings is 1. The van der Waals surface area contributed by atoms with E-state index in [-0.39, 0.29) is 5.82 Å². The Balaban J connectivity index is 2.54. The molecule has 0 aliphatic rings. The fraction of sp³-hybridized carbons (Fsp3) is 0.500. The van der Waals surface area contributed by atoms with Crippen molar-refractivity contribution in [3.8, 4) is 0 Å². The zero-order chi connectivity index (χ0) is 9.84. The van der Waals surface area contributed by atoms with Crippen LogP contribution in [-0.4, -0.2) is 26.3 Å². The van der Waals surface area contributed by atoms with Crippen molar-refractivity contribution in [2.24, 2.45) is 0 Å². The summed E-state index contributed by atoms with van der Waals surface area (Å²) in [6.45, 7) is 4.19. The number of hydrogen-bond acceptors (Lipinski definition) is 3. The smallest absolute Gasteiger partial charge is 0.371 e. The molecule has 0 saturated carbocycles. The van der Waals surface area contributed by atoms with Crippen molar-refractivity contribution in [2.45, 2.75) is 24.9 Å². The molecule has 0 aromatic carbocycles. The Morgan fingerprint density at radius 2 is 2.46 bits per heavy atom. The summed E-state index contributed by atoms with van der Waals surface area (Å²) in [6.07, 6.45) is 1.57. The highest BCUT2D eigenvalue weighted by atomic mass is 32.2. The third kappa shape index (κ3) is 3.10. The molecule has 72 valence electrons. The minimum absolute atomic E-state index is 0.0133. The zero-order valence-electron chi connectivity index (χ0n) is 7.57. The van der Waals surface area contributed by atoms with Crippen LogP contribution in [0.4, 0.5) is 0 Å². The molecular weight excluding hydrogens is 188 g/mol. The molecule has 2 N–H and O–H groups in total. The summed E-state index contributed by atoms with van der Waals surface area (Å²) in [5.74, 6) is -0.224. The summed E-state index contributed by atoms with van der Waals surface area (Å²) in [4.78, 5) is 16.9. The normalized spacial score (nSPS) is 10.7. The number of nitrogens with zero attached hydrogens (tertiary/aromatic N) is 1. The van der Waals surface area contributed by atoms with Gasteiger partial charge in [-0.3, -0.25) is 0 Å². The Labute approximate surface area is 80.8 Å². The lowest BCUT2D eigenvalue weighted by Crippen LogP contribution is -1.98.